The number of nitrogens with zero attached hydrogens (tertiary/aromatic N) is 1. The molecule has 1 saturated heterocycles. The van der Waals surface area contributed by atoms with Crippen molar-refractivity contribution in [2.45, 2.75) is 44.7 Å². The third-order valence-corrected chi connectivity index (χ3v) is 6.36. The summed E-state index contributed by atoms with van der Waals surface area (Å²) in [5.41, 5.74) is 0.231. The highest BCUT2D eigenvalue weighted by Gasteiger charge is 2.38. The van der Waals surface area contributed by atoms with Crippen molar-refractivity contribution in [2.24, 2.45) is 11.8 Å². The lowest BCUT2D eigenvalue weighted by atomic mass is 9.88. The second-order valence-corrected chi connectivity index (χ2v) is 7.90. The SMILES string of the molecule is CC1CC(C)C(C)N(S(=O)(=O)c2cc(F)ccc2CO)C1. The summed E-state index contributed by atoms with van der Waals surface area (Å²) < 4.78 is 40.6. The molecule has 0 aromatic heterocycles. The fourth-order valence-corrected chi connectivity index (χ4v) is 5.08. The Balaban J connectivity index is 2.48. The Bertz CT molecular complexity index is 617. The van der Waals surface area contributed by atoms with Gasteiger partial charge in [0.15, 0.2) is 0 Å². The van der Waals surface area contributed by atoms with Crippen LogP contribution in [0, 0.1) is 17.7 Å². The summed E-state index contributed by atoms with van der Waals surface area (Å²) in [6, 6.07) is 3.34. The molecule has 1 aliphatic heterocycles. The molecule has 0 amide bonds. The van der Waals surface area contributed by atoms with E-state index in [-0.39, 0.29) is 28.3 Å². The molecule has 0 spiro atoms. The molecular formula is C15H22FNO3S. The molecule has 118 valence electrons. The summed E-state index contributed by atoms with van der Waals surface area (Å²) in [7, 11) is -3.81. The molecule has 2 rings (SSSR count). The number of hydrogen-bond acceptors (Lipinski definition) is 3. The normalized spacial score (nSPS) is 27.8. The lowest BCUT2D eigenvalue weighted by molar-refractivity contribution is 0.157. The summed E-state index contributed by atoms with van der Waals surface area (Å²) >= 11 is 0. The van der Waals surface area contributed by atoms with E-state index in [1.807, 2.05) is 20.8 Å². The van der Waals surface area contributed by atoms with Crippen LogP contribution in [0.4, 0.5) is 4.39 Å². The summed E-state index contributed by atoms with van der Waals surface area (Å²) in [6.45, 7) is 5.92. The first-order valence-corrected chi connectivity index (χ1v) is 8.62. The van der Waals surface area contributed by atoms with Gasteiger partial charge in [-0.3, -0.25) is 0 Å². The van der Waals surface area contributed by atoms with Crippen LogP contribution in [-0.2, 0) is 16.6 Å². The van der Waals surface area contributed by atoms with Crippen molar-refractivity contribution in [1.29, 1.82) is 0 Å². The van der Waals surface area contributed by atoms with Crippen LogP contribution >= 0.6 is 0 Å². The fourth-order valence-electron chi connectivity index (χ4n) is 3.01. The molecule has 6 heteroatoms. The predicted molar refractivity (Wildman–Crippen MR) is 78.6 cm³/mol. The number of rotatable bonds is 3. The van der Waals surface area contributed by atoms with Gasteiger partial charge in [0.25, 0.3) is 0 Å². The van der Waals surface area contributed by atoms with Gasteiger partial charge < -0.3 is 5.11 Å². The summed E-state index contributed by atoms with van der Waals surface area (Å²) in [4.78, 5) is -0.127. The Kier molecular flexibility index (Phi) is 4.70. The number of aliphatic hydroxyl groups is 1. The van der Waals surface area contributed by atoms with E-state index in [1.165, 1.54) is 10.4 Å². The maximum Gasteiger partial charge on any atom is 0.243 e. The van der Waals surface area contributed by atoms with Crippen molar-refractivity contribution in [2.75, 3.05) is 6.54 Å². The molecule has 1 N–H and O–H groups in total. The maximum absolute atomic E-state index is 13.5. The minimum atomic E-state index is -3.81. The topological polar surface area (TPSA) is 57.6 Å². The van der Waals surface area contributed by atoms with Gasteiger partial charge in [-0.15, -0.1) is 0 Å². The van der Waals surface area contributed by atoms with Crippen LogP contribution in [0.1, 0.15) is 32.8 Å². The van der Waals surface area contributed by atoms with Gasteiger partial charge in [-0.1, -0.05) is 19.9 Å². The van der Waals surface area contributed by atoms with Gasteiger partial charge >= 0.3 is 0 Å². The zero-order valence-electron chi connectivity index (χ0n) is 12.6. The third-order valence-electron chi connectivity index (χ3n) is 4.33. The van der Waals surface area contributed by atoms with Gasteiger partial charge in [-0.05, 0) is 42.9 Å². The standard InChI is InChI=1S/C15H22FNO3S/c1-10-6-11(2)12(3)17(8-10)21(19,20)15-7-14(16)5-4-13(15)9-18/h4-5,7,10-12,18H,6,8-9H2,1-3H3. The number of halogens is 1. The second-order valence-electron chi connectivity index (χ2n) is 6.04. The molecule has 1 fully saturated rings. The maximum atomic E-state index is 13.5. The van der Waals surface area contributed by atoms with E-state index in [2.05, 4.69) is 0 Å². The molecule has 21 heavy (non-hydrogen) atoms. The predicted octanol–water partition coefficient (Wildman–Crippen LogP) is 2.37. The molecule has 0 radical (unpaired) electrons. The van der Waals surface area contributed by atoms with Crippen molar-refractivity contribution < 1.29 is 17.9 Å². The first-order valence-electron chi connectivity index (χ1n) is 7.18. The van der Waals surface area contributed by atoms with E-state index < -0.39 is 22.4 Å². The molecule has 4 nitrogen and oxygen atoms in total. The van der Waals surface area contributed by atoms with Crippen molar-refractivity contribution in [3.05, 3.63) is 29.6 Å². The molecule has 1 aromatic carbocycles. The number of benzene rings is 1. The van der Waals surface area contributed by atoms with Gasteiger partial charge in [0.05, 0.1) is 11.5 Å². The summed E-state index contributed by atoms with van der Waals surface area (Å²) in [6.07, 6.45) is 0.975. The number of sulfonamides is 1. The van der Waals surface area contributed by atoms with E-state index in [9.17, 15) is 17.9 Å². The van der Waals surface area contributed by atoms with Gasteiger partial charge in [-0.25, -0.2) is 12.8 Å². The molecule has 1 heterocycles. The Morgan fingerprint density at radius 3 is 2.62 bits per heavy atom. The average molecular weight is 315 g/mol. The zero-order chi connectivity index (χ0) is 15.8. The first kappa shape index (κ1) is 16.4. The van der Waals surface area contributed by atoms with Crippen LogP contribution in [0.25, 0.3) is 0 Å². The zero-order valence-corrected chi connectivity index (χ0v) is 13.4. The summed E-state index contributed by atoms with van der Waals surface area (Å²) in [5.74, 6) is -0.108. The Morgan fingerprint density at radius 1 is 1.33 bits per heavy atom. The molecule has 0 saturated carbocycles. The molecule has 3 atom stereocenters. The molecule has 1 aliphatic rings. The van der Waals surface area contributed by atoms with Gasteiger partial charge in [0.2, 0.25) is 10.0 Å². The minimum Gasteiger partial charge on any atom is -0.392 e. The van der Waals surface area contributed by atoms with E-state index in [1.54, 1.807) is 0 Å². The van der Waals surface area contributed by atoms with Crippen LogP contribution in [0.5, 0.6) is 0 Å². The molecule has 0 aliphatic carbocycles. The van der Waals surface area contributed by atoms with Gasteiger partial charge in [-0.2, -0.15) is 4.31 Å². The van der Waals surface area contributed by atoms with Gasteiger partial charge in [0, 0.05) is 12.6 Å². The Labute approximate surface area is 125 Å². The number of aliphatic hydroxyl groups excluding tert-OH is 1. The molecule has 1 aromatic rings. The van der Waals surface area contributed by atoms with Crippen LogP contribution in [0.2, 0.25) is 0 Å². The van der Waals surface area contributed by atoms with Crippen molar-refractivity contribution >= 4 is 10.0 Å². The average Bonchev–Trinajstić information content (AvgIpc) is 2.42. The van der Waals surface area contributed by atoms with Crippen LogP contribution in [-0.4, -0.2) is 30.4 Å². The minimum absolute atomic E-state index is 0.127. The van der Waals surface area contributed by atoms with Crippen LogP contribution in [0.15, 0.2) is 23.1 Å². The van der Waals surface area contributed by atoms with Crippen molar-refractivity contribution in [3.8, 4) is 0 Å². The molecular weight excluding hydrogens is 293 g/mol. The lowest BCUT2D eigenvalue weighted by Gasteiger charge is -2.40. The molecule has 0 bridgehead atoms. The van der Waals surface area contributed by atoms with Gasteiger partial charge in [0.1, 0.15) is 5.82 Å². The van der Waals surface area contributed by atoms with Crippen molar-refractivity contribution in [1.82, 2.24) is 4.31 Å². The highest BCUT2D eigenvalue weighted by atomic mass is 32.2. The summed E-state index contributed by atoms with van der Waals surface area (Å²) in [5, 5.41) is 9.34. The van der Waals surface area contributed by atoms with Crippen LogP contribution in [0.3, 0.4) is 0 Å². The lowest BCUT2D eigenvalue weighted by Crippen LogP contribution is -2.48. The monoisotopic (exact) mass is 315 g/mol. The fraction of sp³-hybridized carbons (Fsp3) is 0.600. The first-order chi connectivity index (χ1) is 9.77. The highest BCUT2D eigenvalue weighted by molar-refractivity contribution is 7.89. The van der Waals surface area contributed by atoms with E-state index >= 15 is 0 Å². The van der Waals surface area contributed by atoms with E-state index in [0.29, 0.717) is 6.54 Å². The van der Waals surface area contributed by atoms with Crippen molar-refractivity contribution in [3.63, 3.8) is 0 Å². The van der Waals surface area contributed by atoms with E-state index in [0.717, 1.165) is 18.6 Å². The quantitative estimate of drug-likeness (QED) is 0.931. The van der Waals surface area contributed by atoms with E-state index in [4.69, 9.17) is 0 Å². The third kappa shape index (κ3) is 3.12. The highest BCUT2D eigenvalue weighted by Crippen LogP contribution is 2.32. The number of piperidine rings is 1. The largest absolute Gasteiger partial charge is 0.392 e. The molecule has 3 unspecified atom stereocenters. The van der Waals surface area contributed by atoms with Crippen LogP contribution < -0.4 is 0 Å². The second kappa shape index (κ2) is 6.02. The Hall–Kier alpha value is -0.980. The Morgan fingerprint density at radius 2 is 2.00 bits per heavy atom. The smallest absolute Gasteiger partial charge is 0.243 e. The number of hydrogen-bond donors (Lipinski definition) is 1.